The number of primary sulfonamides is 1. The number of hydrogen-bond acceptors (Lipinski definition) is 4. The molecule has 20 heavy (non-hydrogen) atoms. The van der Waals surface area contributed by atoms with E-state index in [0.29, 0.717) is 12.1 Å². The molecule has 0 bridgehead atoms. The van der Waals surface area contributed by atoms with Crippen LogP contribution in [0.5, 0.6) is 0 Å². The monoisotopic (exact) mass is 300 g/mol. The molecule has 0 radical (unpaired) electrons. The van der Waals surface area contributed by atoms with Gasteiger partial charge in [-0.15, -0.1) is 0 Å². The number of anilines is 1. The van der Waals surface area contributed by atoms with Gasteiger partial charge in [0, 0.05) is 19.8 Å². The molecule has 0 fully saturated rings. The molecular weight excluding hydrogens is 280 g/mol. The van der Waals surface area contributed by atoms with Crippen molar-refractivity contribution in [2.24, 2.45) is 5.14 Å². The Hall–Kier alpha value is -1.44. The van der Waals surface area contributed by atoms with Crippen LogP contribution in [0.1, 0.15) is 20.3 Å². The molecule has 1 atom stereocenters. The van der Waals surface area contributed by atoms with Crippen LogP contribution >= 0.6 is 0 Å². The van der Waals surface area contributed by atoms with Crippen LogP contribution in [0.15, 0.2) is 29.2 Å². The van der Waals surface area contributed by atoms with Gasteiger partial charge in [0.15, 0.2) is 0 Å². The van der Waals surface area contributed by atoms with Gasteiger partial charge in [0.2, 0.25) is 10.0 Å². The first kappa shape index (κ1) is 16.6. The Morgan fingerprint density at radius 3 is 2.20 bits per heavy atom. The minimum Gasteiger partial charge on any atom is -0.369 e. The maximum atomic E-state index is 12.4. The molecule has 0 heterocycles. The highest BCUT2D eigenvalue weighted by Gasteiger charge is 2.34. The number of benzene rings is 1. The molecule has 0 saturated heterocycles. The average molecular weight is 300 g/mol. The summed E-state index contributed by atoms with van der Waals surface area (Å²) in [7, 11) is -0.634. The van der Waals surface area contributed by atoms with E-state index >= 15 is 0 Å². The Morgan fingerprint density at radius 2 is 1.85 bits per heavy atom. The Bertz CT molecular complexity index is 577. The van der Waals surface area contributed by atoms with Gasteiger partial charge in [0.25, 0.3) is 5.91 Å². The zero-order valence-corrected chi connectivity index (χ0v) is 12.9. The molecular formula is C13H20N2O4S. The quantitative estimate of drug-likeness (QED) is 0.882. The van der Waals surface area contributed by atoms with Crippen molar-refractivity contribution in [2.45, 2.75) is 30.8 Å². The number of hydrogen-bond donors (Lipinski definition) is 1. The van der Waals surface area contributed by atoms with Crippen molar-refractivity contribution in [1.29, 1.82) is 0 Å². The molecule has 2 N–H and O–H groups in total. The predicted molar refractivity (Wildman–Crippen MR) is 76.9 cm³/mol. The molecule has 7 heteroatoms. The first-order valence-electron chi connectivity index (χ1n) is 6.12. The maximum Gasteiger partial charge on any atom is 0.258 e. The largest absolute Gasteiger partial charge is 0.369 e. The molecule has 112 valence electrons. The summed E-state index contributed by atoms with van der Waals surface area (Å²) in [4.78, 5) is 13.8. The van der Waals surface area contributed by atoms with E-state index < -0.39 is 15.6 Å². The fourth-order valence-electron chi connectivity index (χ4n) is 1.71. The SMILES string of the molecule is CCC(C)(OC)C(=O)N(C)c1ccc(S(N)(=O)=O)cc1. The minimum absolute atomic E-state index is 0.00657. The molecule has 0 saturated carbocycles. The smallest absolute Gasteiger partial charge is 0.258 e. The Labute approximate surface area is 119 Å². The molecule has 1 amide bonds. The van der Waals surface area contributed by atoms with E-state index in [0.717, 1.165) is 0 Å². The summed E-state index contributed by atoms with van der Waals surface area (Å²) in [5.74, 6) is -0.203. The zero-order chi connectivity index (χ0) is 15.6. The van der Waals surface area contributed by atoms with Crippen molar-refractivity contribution < 1.29 is 17.9 Å². The third-order valence-electron chi connectivity index (χ3n) is 3.43. The Balaban J connectivity index is 3.04. The van der Waals surface area contributed by atoms with Crippen molar-refractivity contribution in [3.63, 3.8) is 0 Å². The average Bonchev–Trinajstić information content (AvgIpc) is 2.44. The summed E-state index contributed by atoms with van der Waals surface area (Å²) in [5, 5.41) is 5.03. The lowest BCUT2D eigenvalue weighted by molar-refractivity contribution is -0.138. The third-order valence-corrected chi connectivity index (χ3v) is 4.36. The van der Waals surface area contributed by atoms with E-state index in [1.807, 2.05) is 6.92 Å². The van der Waals surface area contributed by atoms with Gasteiger partial charge in [0.05, 0.1) is 4.90 Å². The number of amides is 1. The molecule has 0 aliphatic rings. The second-order valence-electron chi connectivity index (χ2n) is 4.69. The topological polar surface area (TPSA) is 89.7 Å². The van der Waals surface area contributed by atoms with Crippen molar-refractivity contribution in [1.82, 2.24) is 0 Å². The van der Waals surface area contributed by atoms with E-state index in [-0.39, 0.29) is 10.8 Å². The summed E-state index contributed by atoms with van der Waals surface area (Å²) in [6, 6.07) is 5.79. The summed E-state index contributed by atoms with van der Waals surface area (Å²) in [6.07, 6.45) is 0.530. The standard InChI is InChI=1S/C13H20N2O4S/c1-5-13(2,19-4)12(16)15(3)10-6-8-11(9-7-10)20(14,17)18/h6-9H,5H2,1-4H3,(H2,14,17,18). The van der Waals surface area contributed by atoms with Crippen LogP contribution in [0.4, 0.5) is 5.69 Å². The zero-order valence-electron chi connectivity index (χ0n) is 12.1. The fraction of sp³-hybridized carbons (Fsp3) is 0.462. The molecule has 6 nitrogen and oxygen atoms in total. The molecule has 0 aliphatic carbocycles. The highest BCUT2D eigenvalue weighted by atomic mass is 32.2. The Kier molecular flexibility index (Phi) is 4.90. The molecule has 0 spiro atoms. The number of carbonyl (C=O) groups is 1. The number of methoxy groups -OCH3 is 1. The first-order chi connectivity index (χ1) is 9.15. The van der Waals surface area contributed by atoms with Gasteiger partial charge in [0.1, 0.15) is 5.60 Å². The van der Waals surface area contributed by atoms with Crippen molar-refractivity contribution >= 4 is 21.6 Å². The van der Waals surface area contributed by atoms with E-state index in [1.54, 1.807) is 14.0 Å². The van der Waals surface area contributed by atoms with Gasteiger partial charge in [-0.25, -0.2) is 13.6 Å². The molecule has 1 aromatic rings. The van der Waals surface area contributed by atoms with Crippen molar-refractivity contribution in [3.8, 4) is 0 Å². The molecule has 1 rings (SSSR count). The summed E-state index contributed by atoms with van der Waals surface area (Å²) in [5.41, 5.74) is -0.341. The van der Waals surface area contributed by atoms with E-state index in [2.05, 4.69) is 0 Å². The lowest BCUT2D eigenvalue weighted by Gasteiger charge is -2.30. The van der Waals surface area contributed by atoms with Crippen LogP contribution in [0, 0.1) is 0 Å². The molecule has 1 aromatic carbocycles. The van der Waals surface area contributed by atoms with Crippen LogP contribution in [-0.4, -0.2) is 34.1 Å². The van der Waals surface area contributed by atoms with Crippen LogP contribution in [0.25, 0.3) is 0 Å². The number of likely N-dealkylation sites (N-methyl/N-ethyl adjacent to an activating group) is 1. The highest BCUT2D eigenvalue weighted by molar-refractivity contribution is 7.89. The lowest BCUT2D eigenvalue weighted by atomic mass is 10.0. The second kappa shape index (κ2) is 5.90. The number of sulfonamides is 1. The van der Waals surface area contributed by atoms with E-state index in [1.165, 1.54) is 36.3 Å². The maximum absolute atomic E-state index is 12.4. The third kappa shape index (κ3) is 3.36. The second-order valence-corrected chi connectivity index (χ2v) is 6.25. The number of nitrogens with two attached hydrogens (primary N) is 1. The van der Waals surface area contributed by atoms with Gasteiger partial charge >= 0.3 is 0 Å². The van der Waals surface area contributed by atoms with Gasteiger partial charge < -0.3 is 9.64 Å². The summed E-state index contributed by atoms with van der Waals surface area (Å²) >= 11 is 0. The normalized spacial score (nSPS) is 14.7. The number of carbonyl (C=O) groups excluding carboxylic acids is 1. The summed E-state index contributed by atoms with van der Waals surface area (Å²) in [6.45, 7) is 3.57. The number of nitrogens with zero attached hydrogens (tertiary/aromatic N) is 1. The van der Waals surface area contributed by atoms with Crippen LogP contribution in [-0.2, 0) is 19.6 Å². The fourth-order valence-corrected chi connectivity index (χ4v) is 2.23. The number of rotatable bonds is 5. The van der Waals surface area contributed by atoms with Crippen LogP contribution in [0.3, 0.4) is 0 Å². The van der Waals surface area contributed by atoms with E-state index in [4.69, 9.17) is 9.88 Å². The summed E-state index contributed by atoms with van der Waals surface area (Å²) < 4.78 is 27.6. The highest BCUT2D eigenvalue weighted by Crippen LogP contribution is 2.22. The predicted octanol–water partition coefficient (Wildman–Crippen LogP) is 1.11. The lowest BCUT2D eigenvalue weighted by Crippen LogP contribution is -2.46. The van der Waals surface area contributed by atoms with Crippen LogP contribution in [0.2, 0.25) is 0 Å². The van der Waals surface area contributed by atoms with Crippen molar-refractivity contribution in [3.05, 3.63) is 24.3 Å². The van der Waals surface area contributed by atoms with Gasteiger partial charge in [-0.05, 0) is 37.6 Å². The Morgan fingerprint density at radius 1 is 1.35 bits per heavy atom. The number of ether oxygens (including phenoxy) is 1. The first-order valence-corrected chi connectivity index (χ1v) is 7.66. The van der Waals surface area contributed by atoms with Gasteiger partial charge in [-0.3, -0.25) is 4.79 Å². The minimum atomic E-state index is -3.73. The molecule has 0 aliphatic heterocycles. The molecule has 1 unspecified atom stereocenters. The van der Waals surface area contributed by atoms with Crippen LogP contribution < -0.4 is 10.0 Å². The van der Waals surface area contributed by atoms with Gasteiger partial charge in [-0.2, -0.15) is 0 Å². The molecule has 0 aromatic heterocycles. The van der Waals surface area contributed by atoms with Gasteiger partial charge in [-0.1, -0.05) is 6.92 Å². The van der Waals surface area contributed by atoms with E-state index in [9.17, 15) is 13.2 Å². The van der Waals surface area contributed by atoms with Crippen molar-refractivity contribution in [2.75, 3.05) is 19.1 Å².